The molecule has 1 aliphatic rings. The van der Waals surface area contributed by atoms with Gasteiger partial charge in [-0.15, -0.1) is 0 Å². The maximum Gasteiger partial charge on any atom is 0.274 e. The van der Waals surface area contributed by atoms with E-state index in [4.69, 9.17) is 5.73 Å². The first-order valence-electron chi connectivity index (χ1n) is 6.17. The zero-order valence-electron chi connectivity index (χ0n) is 10.4. The molecule has 0 spiro atoms. The quantitative estimate of drug-likeness (QED) is 0.819. The highest BCUT2D eigenvalue weighted by molar-refractivity contribution is 5.97. The summed E-state index contributed by atoms with van der Waals surface area (Å²) in [5.74, 6) is 0.501. The summed E-state index contributed by atoms with van der Waals surface area (Å²) in [6.07, 6.45) is 6.22. The van der Waals surface area contributed by atoms with Gasteiger partial charge in [0, 0.05) is 13.1 Å². The maximum absolute atomic E-state index is 12.2. The third-order valence-corrected chi connectivity index (χ3v) is 3.77. The molecule has 1 aromatic heterocycles. The molecule has 5 nitrogen and oxygen atoms in total. The van der Waals surface area contributed by atoms with Crippen molar-refractivity contribution < 1.29 is 4.79 Å². The fourth-order valence-corrected chi connectivity index (χ4v) is 2.67. The summed E-state index contributed by atoms with van der Waals surface area (Å²) in [6.45, 7) is 2.21. The van der Waals surface area contributed by atoms with Crippen LogP contribution in [-0.4, -0.2) is 34.1 Å². The molecule has 0 saturated heterocycles. The van der Waals surface area contributed by atoms with E-state index in [0.717, 1.165) is 6.42 Å². The summed E-state index contributed by atoms with van der Waals surface area (Å²) >= 11 is 0. The highest BCUT2D eigenvalue weighted by Gasteiger charge is 2.29. The van der Waals surface area contributed by atoms with Crippen LogP contribution in [0, 0.1) is 5.92 Å². The normalized spacial score (nSPS) is 24.6. The van der Waals surface area contributed by atoms with Crippen molar-refractivity contribution in [2.75, 3.05) is 12.8 Å². The zero-order valence-corrected chi connectivity index (χ0v) is 10.4. The van der Waals surface area contributed by atoms with Crippen molar-refractivity contribution in [3.05, 3.63) is 11.9 Å². The molecule has 0 bridgehead atoms. The molecule has 2 atom stereocenters. The average molecular weight is 236 g/mol. The second-order valence-corrected chi connectivity index (χ2v) is 4.95. The molecule has 1 fully saturated rings. The Morgan fingerprint density at radius 2 is 2.24 bits per heavy atom. The van der Waals surface area contributed by atoms with Crippen LogP contribution in [0.1, 0.15) is 43.1 Å². The summed E-state index contributed by atoms with van der Waals surface area (Å²) in [6, 6.07) is 0.318. The largest absolute Gasteiger partial charge is 0.396 e. The minimum atomic E-state index is -0.0567. The molecule has 17 heavy (non-hydrogen) atoms. The molecule has 1 aliphatic carbocycles. The number of rotatable bonds is 2. The van der Waals surface area contributed by atoms with Crippen molar-refractivity contribution >= 4 is 11.6 Å². The molecule has 1 heterocycles. The minimum absolute atomic E-state index is 0.0567. The van der Waals surface area contributed by atoms with E-state index in [-0.39, 0.29) is 5.91 Å². The lowest BCUT2D eigenvalue weighted by Gasteiger charge is -2.36. The topological polar surface area (TPSA) is 75.0 Å². The van der Waals surface area contributed by atoms with Crippen LogP contribution in [0.5, 0.6) is 0 Å². The van der Waals surface area contributed by atoms with Gasteiger partial charge in [0.1, 0.15) is 5.69 Å². The average Bonchev–Trinajstić information content (AvgIpc) is 2.74. The Morgan fingerprint density at radius 3 is 2.82 bits per heavy atom. The van der Waals surface area contributed by atoms with E-state index in [1.807, 2.05) is 11.9 Å². The van der Waals surface area contributed by atoms with Crippen molar-refractivity contribution in [2.24, 2.45) is 5.92 Å². The first-order chi connectivity index (χ1) is 8.11. The van der Waals surface area contributed by atoms with Crippen molar-refractivity contribution in [1.29, 1.82) is 0 Å². The maximum atomic E-state index is 12.2. The van der Waals surface area contributed by atoms with Crippen LogP contribution < -0.4 is 5.73 Å². The fraction of sp³-hybridized carbons (Fsp3) is 0.667. The van der Waals surface area contributed by atoms with E-state index in [1.54, 1.807) is 0 Å². The van der Waals surface area contributed by atoms with Gasteiger partial charge in [-0.05, 0) is 18.8 Å². The van der Waals surface area contributed by atoms with E-state index >= 15 is 0 Å². The van der Waals surface area contributed by atoms with Gasteiger partial charge in [-0.1, -0.05) is 19.8 Å². The van der Waals surface area contributed by atoms with Crippen LogP contribution in [0.15, 0.2) is 6.20 Å². The Bertz CT molecular complexity index is 401. The Morgan fingerprint density at radius 1 is 1.53 bits per heavy atom. The Kier molecular flexibility index (Phi) is 3.36. The minimum Gasteiger partial charge on any atom is -0.396 e. The molecule has 0 aliphatic heterocycles. The predicted molar refractivity (Wildman–Crippen MR) is 66.5 cm³/mol. The predicted octanol–water partition coefficient (Wildman–Crippen LogP) is 1.64. The van der Waals surface area contributed by atoms with Gasteiger partial charge in [0.05, 0.1) is 11.9 Å². The van der Waals surface area contributed by atoms with Gasteiger partial charge in [-0.25, -0.2) is 0 Å². The lowest BCUT2D eigenvalue weighted by Crippen LogP contribution is -2.43. The number of aromatic amines is 1. The molecule has 1 aromatic rings. The Hall–Kier alpha value is -1.52. The molecular weight excluding hydrogens is 216 g/mol. The van der Waals surface area contributed by atoms with Crippen LogP contribution >= 0.6 is 0 Å². The van der Waals surface area contributed by atoms with Gasteiger partial charge < -0.3 is 10.6 Å². The smallest absolute Gasteiger partial charge is 0.274 e. The van der Waals surface area contributed by atoms with E-state index in [9.17, 15) is 4.79 Å². The Balaban J connectivity index is 2.11. The molecular formula is C12H20N4O. The molecule has 2 unspecified atom stereocenters. The number of nitrogens with two attached hydrogens (primary N) is 1. The van der Waals surface area contributed by atoms with E-state index < -0.39 is 0 Å². The van der Waals surface area contributed by atoms with Crippen LogP contribution in [0.25, 0.3) is 0 Å². The summed E-state index contributed by atoms with van der Waals surface area (Å²) in [5.41, 5.74) is 6.53. The van der Waals surface area contributed by atoms with Gasteiger partial charge in [0.15, 0.2) is 0 Å². The van der Waals surface area contributed by atoms with Gasteiger partial charge in [-0.3, -0.25) is 9.89 Å². The van der Waals surface area contributed by atoms with Crippen LogP contribution in [0.2, 0.25) is 0 Å². The molecule has 1 amide bonds. The highest BCUT2D eigenvalue weighted by atomic mass is 16.2. The number of nitrogens with zero attached hydrogens (tertiary/aromatic N) is 2. The van der Waals surface area contributed by atoms with Crippen molar-refractivity contribution in [3.8, 4) is 0 Å². The van der Waals surface area contributed by atoms with E-state index in [0.29, 0.717) is 23.3 Å². The summed E-state index contributed by atoms with van der Waals surface area (Å²) < 4.78 is 0. The van der Waals surface area contributed by atoms with Gasteiger partial charge in [0.25, 0.3) is 5.91 Å². The molecule has 0 aromatic carbocycles. The number of amides is 1. The number of nitrogen functional groups attached to an aromatic ring is 1. The van der Waals surface area contributed by atoms with Crippen molar-refractivity contribution in [2.45, 2.75) is 38.6 Å². The van der Waals surface area contributed by atoms with Gasteiger partial charge in [0.2, 0.25) is 0 Å². The molecule has 0 radical (unpaired) electrons. The van der Waals surface area contributed by atoms with Gasteiger partial charge >= 0.3 is 0 Å². The first-order valence-corrected chi connectivity index (χ1v) is 6.17. The standard InChI is InChI=1S/C12H20N4O/c1-8-5-3-4-6-10(8)16(2)12(17)11-9(13)7-14-15-11/h7-8,10H,3-6,13H2,1-2H3,(H,14,15). The summed E-state index contributed by atoms with van der Waals surface area (Å²) in [5, 5.41) is 6.47. The first kappa shape index (κ1) is 12.0. The van der Waals surface area contributed by atoms with Crippen LogP contribution in [0.3, 0.4) is 0 Å². The number of carbonyl (C=O) groups excluding carboxylic acids is 1. The molecule has 3 N–H and O–H groups in total. The molecule has 2 rings (SSSR count). The van der Waals surface area contributed by atoms with E-state index in [1.165, 1.54) is 25.5 Å². The van der Waals surface area contributed by atoms with Crippen molar-refractivity contribution in [3.63, 3.8) is 0 Å². The number of aromatic nitrogens is 2. The zero-order chi connectivity index (χ0) is 12.4. The number of hydrogen-bond acceptors (Lipinski definition) is 3. The number of hydrogen-bond donors (Lipinski definition) is 2. The van der Waals surface area contributed by atoms with Crippen molar-refractivity contribution in [1.82, 2.24) is 15.1 Å². The summed E-state index contributed by atoms with van der Waals surface area (Å²) in [4.78, 5) is 14.1. The number of anilines is 1. The third-order valence-electron chi connectivity index (χ3n) is 3.77. The fourth-order valence-electron chi connectivity index (χ4n) is 2.67. The third kappa shape index (κ3) is 2.28. The lowest BCUT2D eigenvalue weighted by molar-refractivity contribution is 0.0624. The Labute approximate surface area is 101 Å². The monoisotopic (exact) mass is 236 g/mol. The number of carbonyl (C=O) groups is 1. The SMILES string of the molecule is CC1CCCCC1N(C)C(=O)c1[nH]ncc1N. The van der Waals surface area contributed by atoms with Crippen LogP contribution in [-0.2, 0) is 0 Å². The highest BCUT2D eigenvalue weighted by Crippen LogP contribution is 2.28. The summed E-state index contributed by atoms with van der Waals surface area (Å²) in [7, 11) is 1.86. The number of nitrogens with one attached hydrogen (secondary N) is 1. The number of H-pyrrole nitrogens is 1. The second kappa shape index (κ2) is 4.77. The van der Waals surface area contributed by atoms with Crippen LogP contribution in [0.4, 0.5) is 5.69 Å². The molecule has 1 saturated carbocycles. The lowest BCUT2D eigenvalue weighted by atomic mass is 9.85. The second-order valence-electron chi connectivity index (χ2n) is 4.95. The van der Waals surface area contributed by atoms with E-state index in [2.05, 4.69) is 17.1 Å². The molecule has 94 valence electrons. The molecule has 5 heteroatoms. The van der Waals surface area contributed by atoms with Gasteiger partial charge in [-0.2, -0.15) is 5.10 Å².